The van der Waals surface area contributed by atoms with Gasteiger partial charge < -0.3 is 9.15 Å². The van der Waals surface area contributed by atoms with Crippen LogP contribution in [-0.2, 0) is 12.8 Å². The highest BCUT2D eigenvalue weighted by molar-refractivity contribution is 8.00. The Hall–Kier alpha value is -2.60. The molecule has 3 rings (SSSR count). The number of hydrogen-bond acceptors (Lipinski definition) is 6. The molecule has 6 heteroatoms. The van der Waals surface area contributed by atoms with Crippen LogP contribution >= 0.6 is 11.8 Å². The fraction of sp³-hybridized carbons (Fsp3) is 0.286. The summed E-state index contributed by atoms with van der Waals surface area (Å²) < 4.78 is 10.8. The average molecular weight is 382 g/mol. The van der Waals surface area contributed by atoms with Crippen LogP contribution in [-0.4, -0.2) is 28.3 Å². The Morgan fingerprint density at radius 3 is 2.37 bits per heavy atom. The van der Waals surface area contributed by atoms with Gasteiger partial charge in [-0.2, -0.15) is 0 Å². The molecule has 2 aromatic carbocycles. The Morgan fingerprint density at radius 1 is 1.07 bits per heavy atom. The summed E-state index contributed by atoms with van der Waals surface area (Å²) in [7, 11) is 1.64. The van der Waals surface area contributed by atoms with Crippen LogP contribution in [0.25, 0.3) is 0 Å². The summed E-state index contributed by atoms with van der Waals surface area (Å²) >= 11 is 1.28. The van der Waals surface area contributed by atoms with E-state index in [9.17, 15) is 4.79 Å². The maximum atomic E-state index is 12.6. The van der Waals surface area contributed by atoms with Crippen molar-refractivity contribution in [3.8, 4) is 5.75 Å². The molecule has 3 aromatic rings. The van der Waals surface area contributed by atoms with Gasteiger partial charge in [0.2, 0.25) is 5.89 Å². The Balaban J connectivity index is 1.60. The molecule has 5 nitrogen and oxygen atoms in total. The van der Waals surface area contributed by atoms with E-state index in [-0.39, 0.29) is 11.0 Å². The number of rotatable bonds is 8. The second kappa shape index (κ2) is 8.86. The van der Waals surface area contributed by atoms with E-state index in [0.717, 1.165) is 17.7 Å². The molecule has 0 N–H and O–H groups in total. The molecule has 0 amide bonds. The number of Topliss-reactive ketones (excluding diaryl/α,β-unsaturated/α-hetero) is 1. The minimum absolute atomic E-state index is 0.0533. The molecule has 0 saturated carbocycles. The van der Waals surface area contributed by atoms with Crippen molar-refractivity contribution in [3.05, 3.63) is 71.1 Å². The van der Waals surface area contributed by atoms with Crippen molar-refractivity contribution in [2.75, 3.05) is 7.11 Å². The van der Waals surface area contributed by atoms with E-state index in [1.54, 1.807) is 7.11 Å². The van der Waals surface area contributed by atoms with Crippen molar-refractivity contribution in [2.45, 2.75) is 37.2 Å². The number of benzene rings is 2. The van der Waals surface area contributed by atoms with Gasteiger partial charge in [0.15, 0.2) is 5.78 Å². The Kier molecular flexibility index (Phi) is 6.29. The first-order chi connectivity index (χ1) is 13.1. The van der Waals surface area contributed by atoms with Gasteiger partial charge in [-0.1, -0.05) is 55.1 Å². The van der Waals surface area contributed by atoms with Gasteiger partial charge in [-0.3, -0.25) is 4.79 Å². The Labute approximate surface area is 163 Å². The molecule has 0 saturated heterocycles. The molecule has 0 aliphatic carbocycles. The zero-order valence-electron chi connectivity index (χ0n) is 15.6. The predicted molar refractivity (Wildman–Crippen MR) is 106 cm³/mol. The first kappa shape index (κ1) is 19.2. The highest BCUT2D eigenvalue weighted by Gasteiger charge is 2.20. The Morgan fingerprint density at radius 2 is 1.74 bits per heavy atom. The number of thioether (sulfide) groups is 1. The highest BCUT2D eigenvalue weighted by atomic mass is 32.2. The predicted octanol–water partition coefficient (Wildman–Crippen LogP) is 4.59. The molecular weight excluding hydrogens is 360 g/mol. The van der Waals surface area contributed by atoms with Crippen molar-refractivity contribution < 1.29 is 13.9 Å². The van der Waals surface area contributed by atoms with Gasteiger partial charge >= 0.3 is 0 Å². The number of hydrogen-bond donors (Lipinski definition) is 0. The Bertz CT molecular complexity index is 889. The summed E-state index contributed by atoms with van der Waals surface area (Å²) in [6, 6.07) is 15.4. The fourth-order valence-corrected chi connectivity index (χ4v) is 3.40. The number of nitrogens with zero attached hydrogens (tertiary/aromatic N) is 2. The molecular formula is C21H22N2O3S. The molecule has 0 spiro atoms. The number of aryl methyl sites for hydroxylation is 1. The van der Waals surface area contributed by atoms with Gasteiger partial charge in [-0.05, 0) is 36.6 Å². The minimum Gasteiger partial charge on any atom is -0.497 e. The van der Waals surface area contributed by atoms with Gasteiger partial charge in [-0.25, -0.2) is 0 Å². The topological polar surface area (TPSA) is 65.2 Å². The second-order valence-electron chi connectivity index (χ2n) is 6.16. The molecule has 0 aliphatic rings. The van der Waals surface area contributed by atoms with Crippen LogP contribution in [0.3, 0.4) is 0 Å². The summed E-state index contributed by atoms with van der Waals surface area (Å²) in [6.45, 7) is 3.95. The molecule has 140 valence electrons. The number of aromatic nitrogens is 2. The molecule has 1 atom stereocenters. The van der Waals surface area contributed by atoms with Gasteiger partial charge in [0, 0.05) is 5.56 Å². The average Bonchev–Trinajstić information content (AvgIpc) is 3.14. The van der Waals surface area contributed by atoms with Crippen LogP contribution in [0.4, 0.5) is 0 Å². The van der Waals surface area contributed by atoms with Crippen molar-refractivity contribution in [2.24, 2.45) is 0 Å². The van der Waals surface area contributed by atoms with Gasteiger partial charge in [-0.15, -0.1) is 10.2 Å². The lowest BCUT2D eigenvalue weighted by molar-refractivity contribution is 0.0993. The lowest BCUT2D eigenvalue weighted by Crippen LogP contribution is -2.13. The highest BCUT2D eigenvalue weighted by Crippen LogP contribution is 2.25. The number of ether oxygens (including phenoxy) is 1. The van der Waals surface area contributed by atoms with Crippen molar-refractivity contribution >= 4 is 17.5 Å². The maximum Gasteiger partial charge on any atom is 0.277 e. The molecule has 1 aromatic heterocycles. The number of carbonyl (C=O) groups is 1. The van der Waals surface area contributed by atoms with Gasteiger partial charge in [0.25, 0.3) is 5.22 Å². The van der Waals surface area contributed by atoms with E-state index in [1.807, 2.05) is 55.5 Å². The second-order valence-corrected chi connectivity index (χ2v) is 7.45. The van der Waals surface area contributed by atoms with Crippen LogP contribution in [0.15, 0.2) is 58.2 Å². The van der Waals surface area contributed by atoms with Crippen molar-refractivity contribution in [1.82, 2.24) is 10.2 Å². The van der Waals surface area contributed by atoms with Gasteiger partial charge in [0.1, 0.15) is 5.75 Å². The monoisotopic (exact) mass is 382 g/mol. The fourth-order valence-electron chi connectivity index (χ4n) is 2.62. The third-order valence-corrected chi connectivity index (χ3v) is 5.19. The van der Waals surface area contributed by atoms with Crippen LogP contribution in [0.1, 0.15) is 41.2 Å². The van der Waals surface area contributed by atoms with Crippen LogP contribution in [0.5, 0.6) is 5.75 Å². The quantitative estimate of drug-likeness (QED) is 0.419. The summed E-state index contributed by atoms with van der Waals surface area (Å²) in [5, 5.41) is 8.25. The third-order valence-electron chi connectivity index (χ3n) is 4.26. The molecule has 0 aliphatic heterocycles. The van der Waals surface area contributed by atoms with E-state index < -0.39 is 0 Å². The molecule has 27 heavy (non-hydrogen) atoms. The number of methoxy groups -OCH3 is 1. The van der Waals surface area contributed by atoms with Crippen LogP contribution in [0.2, 0.25) is 0 Å². The zero-order valence-corrected chi connectivity index (χ0v) is 16.5. The molecule has 0 radical (unpaired) electrons. The van der Waals surface area contributed by atoms with E-state index >= 15 is 0 Å². The summed E-state index contributed by atoms with van der Waals surface area (Å²) in [6.07, 6.45) is 1.50. The maximum absolute atomic E-state index is 12.6. The van der Waals surface area contributed by atoms with E-state index in [2.05, 4.69) is 17.1 Å². The standard InChI is InChI=1S/C21H22N2O3S/c1-4-15-5-9-17(10-6-15)20(24)14(2)27-21-23-22-19(26-21)13-16-7-11-18(25-3)12-8-16/h5-12,14H,4,13H2,1-3H3. The summed E-state index contributed by atoms with van der Waals surface area (Å²) in [4.78, 5) is 12.6. The first-order valence-corrected chi connectivity index (χ1v) is 9.72. The lowest BCUT2D eigenvalue weighted by atomic mass is 10.1. The minimum atomic E-state index is -0.299. The third kappa shape index (κ3) is 4.98. The van der Waals surface area contributed by atoms with Crippen molar-refractivity contribution in [3.63, 3.8) is 0 Å². The van der Waals surface area contributed by atoms with E-state index in [1.165, 1.54) is 17.3 Å². The molecule has 0 bridgehead atoms. The smallest absolute Gasteiger partial charge is 0.277 e. The zero-order chi connectivity index (χ0) is 19.2. The lowest BCUT2D eigenvalue weighted by Gasteiger charge is -2.08. The number of ketones is 1. The molecule has 0 fully saturated rings. The van der Waals surface area contributed by atoms with Crippen LogP contribution < -0.4 is 4.74 Å². The van der Waals surface area contributed by atoms with E-state index in [4.69, 9.17) is 9.15 Å². The largest absolute Gasteiger partial charge is 0.497 e. The summed E-state index contributed by atoms with van der Waals surface area (Å²) in [5.74, 6) is 1.38. The number of carbonyl (C=O) groups excluding carboxylic acids is 1. The summed E-state index contributed by atoms with van der Waals surface area (Å²) in [5.41, 5.74) is 2.97. The van der Waals surface area contributed by atoms with Crippen molar-refractivity contribution in [1.29, 1.82) is 0 Å². The molecule has 1 heterocycles. The SMILES string of the molecule is CCc1ccc(C(=O)C(C)Sc2nnc(Cc3ccc(OC)cc3)o2)cc1. The molecule has 1 unspecified atom stereocenters. The first-order valence-electron chi connectivity index (χ1n) is 8.84. The van der Waals surface area contributed by atoms with Crippen LogP contribution in [0, 0.1) is 0 Å². The normalized spacial score (nSPS) is 12.0. The van der Waals surface area contributed by atoms with E-state index in [0.29, 0.717) is 23.1 Å². The van der Waals surface area contributed by atoms with Gasteiger partial charge in [0.05, 0.1) is 18.8 Å².